The second kappa shape index (κ2) is 8.15. The number of nitrogens with zero attached hydrogens (tertiary/aromatic N) is 4. The Labute approximate surface area is 159 Å². The molecule has 9 heteroatoms. The number of hydrogen-bond donors (Lipinski definition) is 2. The first-order valence-electron chi connectivity index (χ1n) is 7.82. The molecule has 3 aromatic rings. The molecule has 2 aromatic heterocycles. The molecule has 0 aliphatic heterocycles. The largest absolute Gasteiger partial charge is 0.334 e. The Morgan fingerprint density at radius 2 is 2.08 bits per heavy atom. The van der Waals surface area contributed by atoms with Crippen LogP contribution in [0.15, 0.2) is 52.0 Å². The molecule has 2 heterocycles. The number of nitrogens with one attached hydrogen (secondary N) is 1. The summed E-state index contributed by atoms with van der Waals surface area (Å²) in [5, 5.41) is 14.7. The predicted octanol–water partition coefficient (Wildman–Crippen LogP) is 3.17. The van der Waals surface area contributed by atoms with E-state index in [4.69, 9.17) is 5.84 Å². The lowest BCUT2D eigenvalue weighted by molar-refractivity contribution is 0.102. The van der Waals surface area contributed by atoms with E-state index < -0.39 is 0 Å². The van der Waals surface area contributed by atoms with Crippen molar-refractivity contribution in [2.24, 2.45) is 5.10 Å². The average Bonchev–Trinajstić information content (AvgIpc) is 3.29. The van der Waals surface area contributed by atoms with Crippen molar-refractivity contribution in [1.82, 2.24) is 14.9 Å². The Kier molecular flexibility index (Phi) is 5.69. The van der Waals surface area contributed by atoms with Crippen LogP contribution in [0.4, 0.5) is 5.95 Å². The Morgan fingerprint density at radius 1 is 1.31 bits per heavy atom. The van der Waals surface area contributed by atoms with Crippen LogP contribution < -0.4 is 11.3 Å². The number of hydrogen-bond acceptors (Lipinski definition) is 8. The van der Waals surface area contributed by atoms with Crippen molar-refractivity contribution in [1.29, 1.82) is 0 Å². The maximum absolute atomic E-state index is 12.2. The first kappa shape index (κ1) is 18.2. The van der Waals surface area contributed by atoms with Crippen LogP contribution in [0.3, 0.4) is 0 Å². The summed E-state index contributed by atoms with van der Waals surface area (Å²) in [6.07, 6.45) is 0. The second-order valence-electron chi connectivity index (χ2n) is 5.54. The summed E-state index contributed by atoms with van der Waals surface area (Å²) in [4.78, 5) is 13.3. The standard InChI is InChI=1S/C17H18N6OS2/c1-11-5-7-13(8-6-11)14(24)10-26-17-22-21-16(23(17)18)20-19-12(2)15-4-3-9-25-15/h3-9H,10,18H2,1-2H3,(H,20,21)/b19-12+. The Balaban J connectivity index is 1.61. The van der Waals surface area contributed by atoms with Gasteiger partial charge in [-0.25, -0.2) is 10.1 Å². The number of thioether (sulfide) groups is 1. The number of aromatic nitrogens is 3. The fourth-order valence-corrected chi connectivity index (χ4v) is 3.51. The molecule has 1 aromatic carbocycles. The molecule has 7 nitrogen and oxygen atoms in total. The number of Topliss-reactive ketones (excluding diaryl/α,β-unsaturated/α-hetero) is 1. The van der Waals surface area contributed by atoms with E-state index in [2.05, 4.69) is 20.7 Å². The van der Waals surface area contributed by atoms with Crippen molar-refractivity contribution in [2.45, 2.75) is 19.0 Å². The SMILES string of the molecule is C/C(=N\Nc1nnc(SCC(=O)c2ccc(C)cc2)n1N)c1cccs1. The monoisotopic (exact) mass is 386 g/mol. The number of nitrogen functional groups attached to an aromatic ring is 1. The zero-order valence-electron chi connectivity index (χ0n) is 14.3. The first-order valence-corrected chi connectivity index (χ1v) is 9.68. The van der Waals surface area contributed by atoms with Crippen molar-refractivity contribution < 1.29 is 4.79 Å². The van der Waals surface area contributed by atoms with Gasteiger partial charge in [0.05, 0.1) is 11.5 Å². The van der Waals surface area contributed by atoms with Crippen LogP contribution in [0.5, 0.6) is 0 Å². The fourth-order valence-electron chi connectivity index (χ4n) is 2.08. The summed E-state index contributed by atoms with van der Waals surface area (Å²) in [6.45, 7) is 3.88. The van der Waals surface area contributed by atoms with Gasteiger partial charge in [-0.2, -0.15) is 5.10 Å². The molecule has 0 spiro atoms. The number of carbonyl (C=O) groups excluding carboxylic acids is 1. The molecule has 0 bridgehead atoms. The van der Waals surface area contributed by atoms with Crippen LogP contribution in [-0.4, -0.2) is 32.1 Å². The van der Waals surface area contributed by atoms with E-state index in [1.54, 1.807) is 11.3 Å². The molecule has 0 unspecified atom stereocenters. The van der Waals surface area contributed by atoms with E-state index in [1.807, 2.05) is 55.6 Å². The van der Waals surface area contributed by atoms with Crippen molar-refractivity contribution in [3.8, 4) is 0 Å². The van der Waals surface area contributed by atoms with E-state index in [0.29, 0.717) is 16.7 Å². The van der Waals surface area contributed by atoms with Gasteiger partial charge >= 0.3 is 0 Å². The molecule has 0 atom stereocenters. The fraction of sp³-hybridized carbons (Fsp3) is 0.176. The minimum Gasteiger partial charge on any atom is -0.334 e. The summed E-state index contributed by atoms with van der Waals surface area (Å²) in [6, 6.07) is 11.4. The van der Waals surface area contributed by atoms with E-state index in [0.717, 1.165) is 16.2 Å². The third-order valence-electron chi connectivity index (χ3n) is 3.57. The van der Waals surface area contributed by atoms with Gasteiger partial charge < -0.3 is 5.84 Å². The van der Waals surface area contributed by atoms with Crippen molar-refractivity contribution in [3.05, 3.63) is 57.8 Å². The van der Waals surface area contributed by atoms with Crippen LogP contribution in [0.1, 0.15) is 27.7 Å². The molecule has 0 fully saturated rings. The molecule has 3 rings (SSSR count). The van der Waals surface area contributed by atoms with E-state index >= 15 is 0 Å². The van der Waals surface area contributed by atoms with E-state index in [9.17, 15) is 4.79 Å². The quantitative estimate of drug-likeness (QED) is 0.213. The van der Waals surface area contributed by atoms with Gasteiger partial charge in [-0.3, -0.25) is 4.79 Å². The number of aryl methyl sites for hydroxylation is 1. The summed E-state index contributed by atoms with van der Waals surface area (Å²) >= 11 is 2.83. The predicted molar refractivity (Wildman–Crippen MR) is 107 cm³/mol. The maximum Gasteiger partial charge on any atom is 0.264 e. The van der Waals surface area contributed by atoms with E-state index in [1.165, 1.54) is 16.4 Å². The highest BCUT2D eigenvalue weighted by molar-refractivity contribution is 7.99. The minimum absolute atomic E-state index is 0.0130. The molecule has 26 heavy (non-hydrogen) atoms. The third kappa shape index (κ3) is 4.30. The highest BCUT2D eigenvalue weighted by Gasteiger charge is 2.13. The molecule has 0 radical (unpaired) electrons. The highest BCUT2D eigenvalue weighted by Crippen LogP contribution is 2.19. The molecule has 0 saturated carbocycles. The lowest BCUT2D eigenvalue weighted by Gasteiger charge is -2.04. The van der Waals surface area contributed by atoms with Gasteiger partial charge in [-0.05, 0) is 25.3 Å². The average molecular weight is 387 g/mol. The Hall–Kier alpha value is -2.65. The summed E-state index contributed by atoms with van der Waals surface area (Å²) < 4.78 is 1.29. The second-order valence-corrected chi connectivity index (χ2v) is 7.43. The van der Waals surface area contributed by atoms with Crippen LogP contribution in [0, 0.1) is 6.92 Å². The smallest absolute Gasteiger partial charge is 0.264 e. The molecule has 3 N–H and O–H groups in total. The van der Waals surface area contributed by atoms with Gasteiger partial charge in [0.25, 0.3) is 5.95 Å². The molecule has 134 valence electrons. The van der Waals surface area contributed by atoms with Gasteiger partial charge in [0.1, 0.15) is 0 Å². The van der Waals surface area contributed by atoms with Crippen molar-refractivity contribution >= 4 is 40.5 Å². The van der Waals surface area contributed by atoms with Crippen molar-refractivity contribution in [2.75, 3.05) is 17.0 Å². The zero-order chi connectivity index (χ0) is 18.5. The zero-order valence-corrected chi connectivity index (χ0v) is 16.0. The van der Waals surface area contributed by atoms with Gasteiger partial charge in [-0.15, -0.1) is 21.5 Å². The molecule has 0 aliphatic carbocycles. The minimum atomic E-state index is 0.0130. The van der Waals surface area contributed by atoms with Crippen LogP contribution in [0.2, 0.25) is 0 Å². The van der Waals surface area contributed by atoms with Gasteiger partial charge in [0.15, 0.2) is 5.78 Å². The highest BCUT2D eigenvalue weighted by atomic mass is 32.2. The topological polar surface area (TPSA) is 98.2 Å². The number of thiophene rings is 1. The number of carbonyl (C=O) groups is 1. The molecular weight excluding hydrogens is 368 g/mol. The van der Waals surface area contributed by atoms with Crippen molar-refractivity contribution in [3.63, 3.8) is 0 Å². The number of rotatable bonds is 7. The molecule has 0 amide bonds. The lowest BCUT2D eigenvalue weighted by atomic mass is 10.1. The number of anilines is 1. The first-order chi connectivity index (χ1) is 12.5. The summed E-state index contributed by atoms with van der Waals surface area (Å²) in [7, 11) is 0. The summed E-state index contributed by atoms with van der Waals surface area (Å²) in [5.41, 5.74) is 5.42. The molecule has 0 saturated heterocycles. The van der Waals surface area contributed by atoms with Crippen LogP contribution >= 0.6 is 23.1 Å². The lowest BCUT2D eigenvalue weighted by Crippen LogP contribution is -2.14. The number of ketones is 1. The number of benzene rings is 1. The number of hydrazone groups is 1. The normalized spacial score (nSPS) is 11.5. The Morgan fingerprint density at radius 3 is 2.77 bits per heavy atom. The van der Waals surface area contributed by atoms with E-state index in [-0.39, 0.29) is 11.5 Å². The van der Waals surface area contributed by atoms with Gasteiger partial charge in [-0.1, -0.05) is 47.7 Å². The number of nitrogens with two attached hydrogens (primary N) is 1. The maximum atomic E-state index is 12.2. The Bertz CT molecular complexity index is 915. The van der Waals surface area contributed by atoms with Gasteiger partial charge in [0.2, 0.25) is 5.16 Å². The molecular formula is C17H18N6OS2. The van der Waals surface area contributed by atoms with Gasteiger partial charge in [0, 0.05) is 10.4 Å². The van der Waals surface area contributed by atoms with Crippen LogP contribution in [0.25, 0.3) is 0 Å². The molecule has 0 aliphatic rings. The van der Waals surface area contributed by atoms with Crippen LogP contribution in [-0.2, 0) is 0 Å². The third-order valence-corrected chi connectivity index (χ3v) is 5.49. The summed E-state index contributed by atoms with van der Waals surface area (Å²) in [5.74, 6) is 6.54.